The zero-order valence-corrected chi connectivity index (χ0v) is 16.2. The number of piperidine rings is 1. The molecule has 0 aliphatic carbocycles. The summed E-state index contributed by atoms with van der Waals surface area (Å²) in [6.07, 6.45) is 2.35. The number of hydrogen-bond acceptors (Lipinski definition) is 3. The van der Waals surface area contributed by atoms with Crippen molar-refractivity contribution in [3.63, 3.8) is 0 Å². The molecule has 3 atom stereocenters. The Morgan fingerprint density at radius 3 is 2.70 bits per heavy atom. The molecule has 4 nitrogen and oxygen atoms in total. The van der Waals surface area contributed by atoms with Crippen LogP contribution in [-0.2, 0) is 4.79 Å². The monoisotopic (exact) mass is 403 g/mol. The van der Waals surface area contributed by atoms with Gasteiger partial charge in [0.1, 0.15) is 0 Å². The normalized spacial score (nSPS) is 23.0. The van der Waals surface area contributed by atoms with Crippen LogP contribution in [0.5, 0.6) is 0 Å². The fraction of sp³-hybridized carbons (Fsp3) is 0.588. The highest BCUT2D eigenvalue weighted by molar-refractivity contribution is 9.10. The summed E-state index contributed by atoms with van der Waals surface area (Å²) in [6, 6.07) is 8.38. The average Bonchev–Trinajstić information content (AvgIpc) is 2.48. The van der Waals surface area contributed by atoms with Crippen molar-refractivity contribution in [1.29, 1.82) is 0 Å². The molecule has 1 aromatic carbocycles. The first-order valence-electron chi connectivity index (χ1n) is 8.00. The Balaban J connectivity index is 0.00000264. The minimum atomic E-state index is 0. The summed E-state index contributed by atoms with van der Waals surface area (Å²) < 4.78 is 1.04. The van der Waals surface area contributed by atoms with Gasteiger partial charge >= 0.3 is 0 Å². The van der Waals surface area contributed by atoms with Gasteiger partial charge in [-0.05, 0) is 49.9 Å². The van der Waals surface area contributed by atoms with Crippen LogP contribution in [0.15, 0.2) is 28.7 Å². The molecule has 1 aliphatic heterocycles. The van der Waals surface area contributed by atoms with Gasteiger partial charge in [-0.2, -0.15) is 0 Å². The Morgan fingerprint density at radius 2 is 2.09 bits per heavy atom. The average molecular weight is 405 g/mol. The topological polar surface area (TPSA) is 58.4 Å². The molecule has 1 aromatic rings. The summed E-state index contributed by atoms with van der Waals surface area (Å²) in [5, 5.41) is 3.09. The molecule has 1 aliphatic rings. The number of halogens is 2. The van der Waals surface area contributed by atoms with Gasteiger partial charge < -0.3 is 11.1 Å². The summed E-state index contributed by atoms with van der Waals surface area (Å²) >= 11 is 3.43. The van der Waals surface area contributed by atoms with Crippen LogP contribution >= 0.6 is 28.3 Å². The lowest BCUT2D eigenvalue weighted by Crippen LogP contribution is -2.52. The molecule has 3 unspecified atom stereocenters. The second kappa shape index (κ2) is 9.62. The Hall–Kier alpha value is -0.620. The van der Waals surface area contributed by atoms with E-state index < -0.39 is 0 Å². The summed E-state index contributed by atoms with van der Waals surface area (Å²) in [7, 11) is 0. The van der Waals surface area contributed by atoms with Crippen LogP contribution in [0.2, 0.25) is 0 Å². The fourth-order valence-corrected chi connectivity index (χ4v) is 3.48. The van der Waals surface area contributed by atoms with Crippen LogP contribution in [0.25, 0.3) is 0 Å². The number of nitrogens with one attached hydrogen (secondary N) is 1. The molecule has 130 valence electrons. The van der Waals surface area contributed by atoms with Gasteiger partial charge in [0.05, 0.1) is 12.6 Å². The second-order valence-corrected chi connectivity index (χ2v) is 7.15. The van der Waals surface area contributed by atoms with Gasteiger partial charge in [0.15, 0.2) is 0 Å². The Bertz CT molecular complexity index is 497. The van der Waals surface area contributed by atoms with Crippen molar-refractivity contribution in [1.82, 2.24) is 10.2 Å². The lowest BCUT2D eigenvalue weighted by atomic mass is 9.91. The molecule has 1 heterocycles. The zero-order valence-electron chi connectivity index (χ0n) is 13.8. The van der Waals surface area contributed by atoms with E-state index in [1.807, 2.05) is 31.2 Å². The van der Waals surface area contributed by atoms with Crippen LogP contribution in [0.3, 0.4) is 0 Å². The number of carbonyl (C=O) groups is 1. The third-order valence-electron chi connectivity index (χ3n) is 4.57. The van der Waals surface area contributed by atoms with Crippen molar-refractivity contribution in [3.05, 3.63) is 34.3 Å². The molecule has 6 heteroatoms. The molecule has 0 saturated carbocycles. The van der Waals surface area contributed by atoms with E-state index in [-0.39, 0.29) is 24.4 Å². The van der Waals surface area contributed by atoms with Crippen molar-refractivity contribution in [2.24, 2.45) is 11.7 Å². The predicted octanol–water partition coefficient (Wildman–Crippen LogP) is 3.11. The first-order valence-corrected chi connectivity index (χ1v) is 8.79. The number of benzene rings is 1. The minimum Gasteiger partial charge on any atom is -0.348 e. The second-order valence-electron chi connectivity index (χ2n) is 6.23. The molecule has 2 rings (SSSR count). The third kappa shape index (κ3) is 5.75. The quantitative estimate of drug-likeness (QED) is 0.793. The Morgan fingerprint density at radius 1 is 1.43 bits per heavy atom. The lowest BCUT2D eigenvalue weighted by Gasteiger charge is -2.39. The number of rotatable bonds is 5. The van der Waals surface area contributed by atoms with Crippen LogP contribution in [0.1, 0.15) is 38.3 Å². The maximum Gasteiger partial charge on any atom is 0.234 e. The van der Waals surface area contributed by atoms with Gasteiger partial charge in [0, 0.05) is 17.1 Å². The molecule has 3 N–H and O–H groups in total. The summed E-state index contributed by atoms with van der Waals surface area (Å²) in [5.41, 5.74) is 7.00. The van der Waals surface area contributed by atoms with Gasteiger partial charge in [0.25, 0.3) is 0 Å². The van der Waals surface area contributed by atoms with Crippen LogP contribution < -0.4 is 11.1 Å². The van der Waals surface area contributed by atoms with E-state index in [0.29, 0.717) is 25.0 Å². The van der Waals surface area contributed by atoms with Crippen molar-refractivity contribution in [2.45, 2.75) is 38.8 Å². The van der Waals surface area contributed by atoms with Gasteiger partial charge in [-0.25, -0.2) is 0 Å². The molecule has 23 heavy (non-hydrogen) atoms. The van der Waals surface area contributed by atoms with E-state index in [1.165, 1.54) is 6.42 Å². The van der Waals surface area contributed by atoms with Crippen molar-refractivity contribution in [3.8, 4) is 0 Å². The largest absolute Gasteiger partial charge is 0.348 e. The van der Waals surface area contributed by atoms with Gasteiger partial charge in [0.2, 0.25) is 5.91 Å². The van der Waals surface area contributed by atoms with Crippen molar-refractivity contribution >= 4 is 34.2 Å². The Labute approximate surface area is 153 Å². The first-order chi connectivity index (χ1) is 10.5. The number of amides is 1. The van der Waals surface area contributed by atoms with Crippen LogP contribution in [-0.4, -0.2) is 36.5 Å². The smallest absolute Gasteiger partial charge is 0.234 e. The minimum absolute atomic E-state index is 0. The third-order valence-corrected chi connectivity index (χ3v) is 5.10. The standard InChI is InChI=1S/C17H26BrN3O.ClH/c1-12-4-3-9-21(16(12)10-19)11-17(22)20-13(2)14-5-7-15(18)8-6-14;/h5-8,12-13,16H,3-4,9-11,19H2,1-2H3,(H,20,22);1H. The highest BCUT2D eigenvalue weighted by Crippen LogP contribution is 2.22. The molecule has 1 saturated heterocycles. The van der Waals surface area contributed by atoms with E-state index >= 15 is 0 Å². The van der Waals surface area contributed by atoms with Crippen LogP contribution in [0, 0.1) is 5.92 Å². The number of hydrogen-bond donors (Lipinski definition) is 2. The highest BCUT2D eigenvalue weighted by Gasteiger charge is 2.28. The van der Waals surface area contributed by atoms with E-state index in [0.717, 1.165) is 23.0 Å². The maximum atomic E-state index is 12.3. The first kappa shape index (κ1) is 20.4. The molecule has 0 radical (unpaired) electrons. The molecule has 0 spiro atoms. The van der Waals surface area contributed by atoms with E-state index in [9.17, 15) is 4.79 Å². The van der Waals surface area contributed by atoms with Crippen LogP contribution in [0.4, 0.5) is 0 Å². The molecule has 1 fully saturated rings. The number of nitrogens with zero attached hydrogens (tertiary/aromatic N) is 1. The summed E-state index contributed by atoms with van der Waals surface area (Å²) in [6.45, 7) is 6.27. The molecular formula is C17H27BrClN3O. The van der Waals surface area contributed by atoms with Gasteiger partial charge in [-0.3, -0.25) is 9.69 Å². The number of nitrogens with two attached hydrogens (primary N) is 1. The highest BCUT2D eigenvalue weighted by atomic mass is 79.9. The number of carbonyl (C=O) groups excluding carboxylic acids is 1. The van der Waals surface area contributed by atoms with Crippen molar-refractivity contribution < 1.29 is 4.79 Å². The molecule has 0 bridgehead atoms. The van der Waals surface area contributed by atoms with Gasteiger partial charge in [-0.1, -0.05) is 35.0 Å². The van der Waals surface area contributed by atoms with Crippen molar-refractivity contribution in [2.75, 3.05) is 19.6 Å². The lowest BCUT2D eigenvalue weighted by molar-refractivity contribution is -0.124. The van der Waals surface area contributed by atoms with E-state index in [1.54, 1.807) is 0 Å². The van der Waals surface area contributed by atoms with Gasteiger partial charge in [-0.15, -0.1) is 12.4 Å². The predicted molar refractivity (Wildman–Crippen MR) is 101 cm³/mol. The molecule has 0 aromatic heterocycles. The summed E-state index contributed by atoms with van der Waals surface area (Å²) in [5.74, 6) is 0.637. The molecular weight excluding hydrogens is 378 g/mol. The maximum absolute atomic E-state index is 12.3. The fourth-order valence-electron chi connectivity index (χ4n) is 3.22. The van der Waals surface area contributed by atoms with E-state index in [2.05, 4.69) is 33.1 Å². The zero-order chi connectivity index (χ0) is 16.1. The summed E-state index contributed by atoms with van der Waals surface area (Å²) in [4.78, 5) is 14.6. The Kier molecular flexibility index (Phi) is 8.54. The van der Waals surface area contributed by atoms with E-state index in [4.69, 9.17) is 5.73 Å². The number of likely N-dealkylation sites (tertiary alicyclic amines) is 1. The SMILES string of the molecule is CC(NC(=O)CN1CCCC(C)C1CN)c1ccc(Br)cc1.Cl. The molecule has 1 amide bonds.